The van der Waals surface area contributed by atoms with Gasteiger partial charge in [0.05, 0.1) is 19.8 Å². The van der Waals surface area contributed by atoms with Gasteiger partial charge in [0.1, 0.15) is 0 Å². The number of fused-ring (bicyclic) bond motifs is 2. The summed E-state index contributed by atoms with van der Waals surface area (Å²) in [6.45, 7) is 11.1. The average molecular weight is 911 g/mol. The van der Waals surface area contributed by atoms with Crippen LogP contribution in [0.15, 0.2) is 128 Å². The molecule has 0 bridgehead atoms. The number of halogens is 3. The number of amides is 2. The van der Waals surface area contributed by atoms with E-state index < -0.39 is 11.7 Å². The Hall–Kier alpha value is -6.49. The van der Waals surface area contributed by atoms with Gasteiger partial charge in [-0.25, -0.2) is 0 Å². The largest absolute Gasteiger partial charge is 0.493 e. The van der Waals surface area contributed by atoms with E-state index in [4.69, 9.17) is 9.47 Å². The molecule has 9 rings (SSSR count). The van der Waals surface area contributed by atoms with Gasteiger partial charge in [-0.2, -0.15) is 13.2 Å². The predicted octanol–water partition coefficient (Wildman–Crippen LogP) is 12.6. The Morgan fingerprint density at radius 1 is 0.657 bits per heavy atom. The highest BCUT2D eigenvalue weighted by molar-refractivity contribution is 5.96. The molecule has 0 N–H and O–H groups in total. The van der Waals surface area contributed by atoms with Crippen molar-refractivity contribution in [3.63, 3.8) is 0 Å². The highest BCUT2D eigenvalue weighted by atomic mass is 19.4. The second kappa shape index (κ2) is 20.6. The van der Waals surface area contributed by atoms with E-state index in [1.807, 2.05) is 58.3 Å². The van der Waals surface area contributed by atoms with Crippen LogP contribution in [0.1, 0.15) is 107 Å². The number of rotatable bonds is 13. The monoisotopic (exact) mass is 910 g/mol. The molecule has 2 saturated heterocycles. The number of nitrogens with zero attached hydrogens (tertiary/aromatic N) is 4. The fourth-order valence-electron chi connectivity index (χ4n) is 9.74. The first-order chi connectivity index (χ1) is 32.3. The highest BCUT2D eigenvalue weighted by Crippen LogP contribution is 2.37. The Balaban J connectivity index is 0.000000184. The first-order valence-corrected chi connectivity index (χ1v) is 23.6. The van der Waals surface area contributed by atoms with Crippen molar-refractivity contribution < 1.29 is 32.2 Å². The molecular weight excluding hydrogens is 850 g/mol. The van der Waals surface area contributed by atoms with Gasteiger partial charge in [-0.05, 0) is 108 Å². The summed E-state index contributed by atoms with van der Waals surface area (Å²) in [4.78, 5) is 30.2. The van der Waals surface area contributed by atoms with Crippen molar-refractivity contribution >= 4 is 33.6 Å². The SMILES string of the molecule is CCCc1ccc(C(=O)N2CCC(c3cn(Cc4ccc(C(F)(F)F)cc4)c4ccccc34)C2)cc1.COc1ccc(C(=O)N2CCC(c3cn(CCC(C)C)c4ccccc34)C2)cc1OC. The molecule has 2 unspecified atom stereocenters. The quantitative estimate of drug-likeness (QED) is 0.116. The van der Waals surface area contributed by atoms with Crippen LogP contribution in [-0.2, 0) is 25.7 Å². The van der Waals surface area contributed by atoms with Crippen molar-refractivity contribution in [3.05, 3.63) is 167 Å². The van der Waals surface area contributed by atoms with Crippen LogP contribution in [0, 0.1) is 5.92 Å². The van der Waals surface area contributed by atoms with Crippen molar-refractivity contribution in [1.82, 2.24) is 18.9 Å². The molecule has 8 nitrogen and oxygen atoms in total. The van der Waals surface area contributed by atoms with E-state index in [2.05, 4.69) is 72.6 Å². The minimum Gasteiger partial charge on any atom is -0.493 e. The summed E-state index contributed by atoms with van der Waals surface area (Å²) in [5, 5.41) is 2.45. The van der Waals surface area contributed by atoms with Gasteiger partial charge in [-0.3, -0.25) is 9.59 Å². The van der Waals surface area contributed by atoms with Gasteiger partial charge in [0.2, 0.25) is 0 Å². The Labute approximate surface area is 391 Å². The van der Waals surface area contributed by atoms with Crippen LogP contribution in [-0.4, -0.2) is 71.1 Å². The van der Waals surface area contributed by atoms with Crippen molar-refractivity contribution in [3.8, 4) is 11.5 Å². The summed E-state index contributed by atoms with van der Waals surface area (Å²) < 4.78 is 54.0. The number of alkyl halides is 3. The number of aromatic nitrogens is 2. The summed E-state index contributed by atoms with van der Waals surface area (Å²) in [7, 11) is 3.19. The smallest absolute Gasteiger partial charge is 0.416 e. The lowest BCUT2D eigenvalue weighted by Crippen LogP contribution is -2.28. The fourth-order valence-corrected chi connectivity index (χ4v) is 9.74. The third-order valence-electron chi connectivity index (χ3n) is 13.4. The molecule has 2 aromatic heterocycles. The summed E-state index contributed by atoms with van der Waals surface area (Å²) >= 11 is 0. The summed E-state index contributed by atoms with van der Waals surface area (Å²) in [6, 6.07) is 35.4. The molecule has 0 radical (unpaired) electrons. The standard InChI is InChI=1S/C30H29F3N2O.C26H32N2O3/c1-2-5-21-8-12-23(13-9-21)29(36)34-17-16-24(19-34)27-20-35(28-7-4-3-6-26(27)28)18-22-10-14-25(15-11-22)30(31,32)33;1-18(2)11-13-27-17-22(21-7-5-6-8-23(21)27)20-12-14-28(16-20)26(29)19-9-10-24(30-3)25(15-19)31-4/h3-4,6-15,20,24H,2,5,16-19H2,1H3;5-10,15,17-18,20H,11-14,16H2,1-4H3. The number of likely N-dealkylation sites (tertiary alicyclic amines) is 2. The molecule has 67 heavy (non-hydrogen) atoms. The molecule has 2 atom stereocenters. The average Bonchev–Trinajstić information content (AvgIpc) is 4.17. The number of carbonyl (C=O) groups excluding carboxylic acids is 2. The summed E-state index contributed by atoms with van der Waals surface area (Å²) in [6.07, 6.45) is 5.21. The van der Waals surface area contributed by atoms with E-state index in [-0.39, 0.29) is 17.7 Å². The first kappa shape index (κ1) is 47.0. The molecule has 7 aromatic rings. The topological polar surface area (TPSA) is 68.9 Å². The predicted molar refractivity (Wildman–Crippen MR) is 260 cm³/mol. The lowest BCUT2D eigenvalue weighted by molar-refractivity contribution is -0.137. The van der Waals surface area contributed by atoms with Gasteiger partial charge in [0, 0.05) is 96.4 Å². The molecular formula is C56H61F3N4O4. The van der Waals surface area contributed by atoms with Gasteiger partial charge in [0.25, 0.3) is 11.8 Å². The summed E-state index contributed by atoms with van der Waals surface area (Å²) in [5.41, 5.74) is 7.66. The molecule has 350 valence electrons. The number of hydrogen-bond acceptors (Lipinski definition) is 4. The van der Waals surface area contributed by atoms with Crippen molar-refractivity contribution in [2.24, 2.45) is 5.92 Å². The van der Waals surface area contributed by atoms with Gasteiger partial charge < -0.3 is 28.4 Å². The molecule has 2 amide bonds. The van der Waals surface area contributed by atoms with E-state index in [0.29, 0.717) is 48.5 Å². The zero-order valence-corrected chi connectivity index (χ0v) is 39.2. The number of aryl methyl sites for hydroxylation is 2. The van der Waals surface area contributed by atoms with Gasteiger partial charge in [0.15, 0.2) is 11.5 Å². The van der Waals surface area contributed by atoms with E-state index in [9.17, 15) is 22.8 Å². The van der Waals surface area contributed by atoms with Crippen LogP contribution in [0.25, 0.3) is 21.8 Å². The molecule has 2 aliphatic heterocycles. The summed E-state index contributed by atoms with van der Waals surface area (Å²) in [5.74, 6) is 2.57. The lowest BCUT2D eigenvalue weighted by Gasteiger charge is -2.17. The van der Waals surface area contributed by atoms with Crippen LogP contribution in [0.5, 0.6) is 11.5 Å². The number of para-hydroxylation sites is 2. The minimum absolute atomic E-state index is 0.0481. The van der Waals surface area contributed by atoms with E-state index >= 15 is 0 Å². The minimum atomic E-state index is -4.34. The number of carbonyl (C=O) groups is 2. The van der Waals surface area contributed by atoms with Crippen LogP contribution in [0.2, 0.25) is 0 Å². The number of hydrogen-bond donors (Lipinski definition) is 0. The first-order valence-electron chi connectivity index (χ1n) is 23.6. The normalized spacial score (nSPS) is 16.2. The van der Waals surface area contributed by atoms with Crippen molar-refractivity contribution in [2.75, 3.05) is 40.4 Å². The molecule has 0 spiro atoms. The Kier molecular flexibility index (Phi) is 14.4. The third-order valence-corrected chi connectivity index (χ3v) is 13.4. The molecule has 0 aliphatic carbocycles. The fraction of sp³-hybridized carbons (Fsp3) is 0.357. The van der Waals surface area contributed by atoms with Crippen molar-refractivity contribution in [1.29, 1.82) is 0 Å². The highest BCUT2D eigenvalue weighted by Gasteiger charge is 2.33. The van der Waals surface area contributed by atoms with Crippen LogP contribution in [0.3, 0.4) is 0 Å². The second-order valence-corrected chi connectivity index (χ2v) is 18.4. The van der Waals surface area contributed by atoms with Crippen LogP contribution >= 0.6 is 0 Å². The van der Waals surface area contributed by atoms with Gasteiger partial charge in [-0.1, -0.05) is 87.9 Å². The Morgan fingerprint density at radius 3 is 1.73 bits per heavy atom. The molecule has 5 aromatic carbocycles. The Morgan fingerprint density at radius 2 is 1.18 bits per heavy atom. The number of methoxy groups -OCH3 is 2. The van der Waals surface area contributed by atoms with E-state index in [0.717, 1.165) is 85.9 Å². The zero-order chi connectivity index (χ0) is 47.2. The number of ether oxygens (including phenoxy) is 2. The van der Waals surface area contributed by atoms with E-state index in [1.165, 1.54) is 27.6 Å². The van der Waals surface area contributed by atoms with E-state index in [1.54, 1.807) is 38.5 Å². The second-order valence-electron chi connectivity index (χ2n) is 18.4. The third kappa shape index (κ3) is 10.6. The molecule has 2 fully saturated rings. The maximum Gasteiger partial charge on any atom is 0.416 e. The van der Waals surface area contributed by atoms with Crippen LogP contribution in [0.4, 0.5) is 13.2 Å². The van der Waals surface area contributed by atoms with Gasteiger partial charge >= 0.3 is 6.18 Å². The molecule has 4 heterocycles. The van der Waals surface area contributed by atoms with Crippen LogP contribution < -0.4 is 9.47 Å². The zero-order valence-electron chi connectivity index (χ0n) is 39.2. The number of benzene rings is 5. The molecule has 11 heteroatoms. The Bertz CT molecular complexity index is 2810. The molecule has 0 saturated carbocycles. The maximum atomic E-state index is 13.2. The lowest BCUT2D eigenvalue weighted by atomic mass is 9.98. The van der Waals surface area contributed by atoms with Crippen molar-refractivity contribution in [2.45, 2.75) is 84.0 Å². The molecule has 2 aliphatic rings. The van der Waals surface area contributed by atoms with Gasteiger partial charge in [-0.15, -0.1) is 0 Å². The maximum absolute atomic E-state index is 13.2.